The van der Waals surface area contributed by atoms with Crippen molar-refractivity contribution in [3.05, 3.63) is 53.1 Å². The number of benzene rings is 2. The number of aromatic nitrogens is 2. The normalized spacial score (nSPS) is 16.7. The molecule has 9 heteroatoms. The van der Waals surface area contributed by atoms with E-state index in [9.17, 15) is 9.59 Å². The Morgan fingerprint density at radius 3 is 2.90 bits per heavy atom. The molecule has 3 heterocycles. The molecule has 3 aromatic rings. The fraction of sp³-hybridized carbons (Fsp3) is 0.190. The molecule has 0 radical (unpaired) electrons. The summed E-state index contributed by atoms with van der Waals surface area (Å²) in [7, 11) is 0. The van der Waals surface area contributed by atoms with Crippen LogP contribution in [0.1, 0.15) is 18.0 Å². The molecule has 2 aromatic carbocycles. The summed E-state index contributed by atoms with van der Waals surface area (Å²) < 4.78 is 12.2. The van der Waals surface area contributed by atoms with Crippen LogP contribution in [0.2, 0.25) is 5.02 Å². The minimum atomic E-state index is -0.786. The zero-order valence-corrected chi connectivity index (χ0v) is 16.7. The van der Waals surface area contributed by atoms with E-state index in [2.05, 4.69) is 15.7 Å². The molecule has 0 saturated heterocycles. The maximum Gasteiger partial charge on any atom is 0.249 e. The van der Waals surface area contributed by atoms with Crippen LogP contribution in [0.5, 0.6) is 11.5 Å². The van der Waals surface area contributed by atoms with Gasteiger partial charge in [0.15, 0.2) is 11.5 Å². The molecule has 8 nitrogen and oxygen atoms in total. The number of nitrogens with one attached hydrogen (secondary N) is 2. The number of hydrogen-bond donors (Lipinski definition) is 2. The average molecular weight is 425 g/mol. The summed E-state index contributed by atoms with van der Waals surface area (Å²) >= 11 is 6.12. The number of amides is 2. The Labute approximate surface area is 176 Å². The fourth-order valence-electron chi connectivity index (χ4n) is 3.65. The maximum absolute atomic E-state index is 13.0. The van der Waals surface area contributed by atoms with Gasteiger partial charge in [-0.15, -0.1) is 0 Å². The lowest BCUT2D eigenvalue weighted by Crippen LogP contribution is -2.35. The van der Waals surface area contributed by atoms with E-state index in [4.69, 9.17) is 21.1 Å². The van der Waals surface area contributed by atoms with Crippen molar-refractivity contribution in [1.82, 2.24) is 9.78 Å². The van der Waals surface area contributed by atoms with Crippen molar-refractivity contribution >= 4 is 34.9 Å². The van der Waals surface area contributed by atoms with E-state index in [1.54, 1.807) is 35.0 Å². The maximum atomic E-state index is 13.0. The van der Waals surface area contributed by atoms with Crippen molar-refractivity contribution in [3.63, 3.8) is 0 Å². The molecule has 0 unspecified atom stereocenters. The molecule has 30 heavy (non-hydrogen) atoms. The minimum absolute atomic E-state index is 0.0144. The number of halogens is 1. The van der Waals surface area contributed by atoms with Crippen LogP contribution in [-0.2, 0) is 9.59 Å². The van der Waals surface area contributed by atoms with Crippen LogP contribution in [0, 0.1) is 6.92 Å². The Hall–Kier alpha value is -3.52. The van der Waals surface area contributed by atoms with Crippen LogP contribution in [0.25, 0.3) is 11.3 Å². The van der Waals surface area contributed by atoms with Gasteiger partial charge in [0, 0.05) is 27.9 Å². The van der Waals surface area contributed by atoms with E-state index in [1.165, 1.54) is 0 Å². The number of hydrogen-bond acceptors (Lipinski definition) is 5. The van der Waals surface area contributed by atoms with Crippen molar-refractivity contribution in [2.75, 3.05) is 17.4 Å². The van der Waals surface area contributed by atoms with Gasteiger partial charge in [0.05, 0.1) is 12.1 Å². The van der Waals surface area contributed by atoms with E-state index < -0.39 is 6.04 Å². The van der Waals surface area contributed by atoms with E-state index in [1.807, 2.05) is 19.1 Å². The smallest absolute Gasteiger partial charge is 0.249 e. The van der Waals surface area contributed by atoms with Gasteiger partial charge < -0.3 is 20.1 Å². The highest BCUT2D eigenvalue weighted by molar-refractivity contribution is 6.30. The molecule has 0 saturated carbocycles. The first-order chi connectivity index (χ1) is 14.5. The quantitative estimate of drug-likeness (QED) is 0.667. The molecule has 0 spiro atoms. The highest BCUT2D eigenvalue weighted by Gasteiger charge is 2.34. The number of carbonyl (C=O) groups excluding carboxylic acids is 2. The van der Waals surface area contributed by atoms with Gasteiger partial charge in [-0.05, 0) is 31.2 Å². The molecule has 0 bridgehead atoms. The topological polar surface area (TPSA) is 94.5 Å². The number of carbonyl (C=O) groups is 2. The molecule has 5 rings (SSSR count). The van der Waals surface area contributed by atoms with Gasteiger partial charge in [-0.3, -0.25) is 9.59 Å². The van der Waals surface area contributed by atoms with Gasteiger partial charge in [-0.2, -0.15) is 5.10 Å². The SMILES string of the molecule is Cc1c(-c2cccc(Cl)c2)nn2c1NC(=O)C[C@@H]2C(=O)Nc1ccc2c(c1)OCO2. The Morgan fingerprint density at radius 1 is 1.23 bits per heavy atom. The monoisotopic (exact) mass is 424 g/mol. The van der Waals surface area contributed by atoms with Gasteiger partial charge >= 0.3 is 0 Å². The third-order valence-corrected chi connectivity index (χ3v) is 5.35. The van der Waals surface area contributed by atoms with Crippen LogP contribution in [-0.4, -0.2) is 28.4 Å². The number of ether oxygens (including phenoxy) is 2. The molecule has 2 aliphatic rings. The van der Waals surface area contributed by atoms with Gasteiger partial charge in [-0.25, -0.2) is 4.68 Å². The molecule has 1 aromatic heterocycles. The molecular formula is C21H17ClN4O4. The first kappa shape index (κ1) is 18.5. The lowest BCUT2D eigenvalue weighted by atomic mass is 10.1. The summed E-state index contributed by atoms with van der Waals surface area (Å²) in [5.41, 5.74) is 2.79. The van der Waals surface area contributed by atoms with E-state index in [0.29, 0.717) is 33.7 Å². The van der Waals surface area contributed by atoms with Crippen molar-refractivity contribution in [3.8, 4) is 22.8 Å². The standard InChI is InChI=1S/C21H17ClN4O4/c1-11-19(12-3-2-4-13(22)7-12)25-26-15(9-18(27)24-20(11)26)21(28)23-14-5-6-16-17(8-14)30-10-29-16/h2-8,15H,9-10H2,1H3,(H,23,28)(H,24,27)/t15-/m1/s1. The molecule has 0 fully saturated rings. The third-order valence-electron chi connectivity index (χ3n) is 5.12. The van der Waals surface area contributed by atoms with Gasteiger partial charge in [0.25, 0.3) is 0 Å². The molecule has 2 amide bonds. The third kappa shape index (κ3) is 3.15. The second-order valence-corrected chi connectivity index (χ2v) is 7.54. The highest BCUT2D eigenvalue weighted by atomic mass is 35.5. The summed E-state index contributed by atoms with van der Waals surface area (Å²) in [5.74, 6) is 1.11. The predicted molar refractivity (Wildman–Crippen MR) is 111 cm³/mol. The first-order valence-corrected chi connectivity index (χ1v) is 9.73. The van der Waals surface area contributed by atoms with Crippen molar-refractivity contribution in [2.45, 2.75) is 19.4 Å². The summed E-state index contributed by atoms with van der Waals surface area (Å²) in [6, 6.07) is 11.6. The van der Waals surface area contributed by atoms with Crippen LogP contribution in [0.4, 0.5) is 11.5 Å². The van der Waals surface area contributed by atoms with Crippen LogP contribution in [0.15, 0.2) is 42.5 Å². The van der Waals surface area contributed by atoms with Crippen LogP contribution >= 0.6 is 11.6 Å². The van der Waals surface area contributed by atoms with E-state index in [-0.39, 0.29) is 25.0 Å². The van der Waals surface area contributed by atoms with Crippen molar-refractivity contribution in [2.24, 2.45) is 0 Å². The lowest BCUT2D eigenvalue weighted by Gasteiger charge is -2.24. The predicted octanol–water partition coefficient (Wildman–Crippen LogP) is 3.76. The second-order valence-electron chi connectivity index (χ2n) is 7.10. The summed E-state index contributed by atoms with van der Waals surface area (Å²) in [6.45, 7) is 2.01. The van der Waals surface area contributed by atoms with Gasteiger partial charge in [-0.1, -0.05) is 23.7 Å². The number of nitrogens with zero attached hydrogens (tertiary/aromatic N) is 2. The minimum Gasteiger partial charge on any atom is -0.454 e. The summed E-state index contributed by atoms with van der Waals surface area (Å²) in [4.78, 5) is 25.4. The summed E-state index contributed by atoms with van der Waals surface area (Å²) in [6.07, 6.45) is -0.0144. The zero-order chi connectivity index (χ0) is 20.8. The molecule has 1 atom stereocenters. The molecular weight excluding hydrogens is 408 g/mol. The number of anilines is 2. The Bertz CT molecular complexity index is 1190. The van der Waals surface area contributed by atoms with Crippen molar-refractivity contribution < 1.29 is 19.1 Å². The van der Waals surface area contributed by atoms with Crippen molar-refractivity contribution in [1.29, 1.82) is 0 Å². The lowest BCUT2D eigenvalue weighted by molar-refractivity contribution is -0.125. The average Bonchev–Trinajstić information content (AvgIpc) is 3.32. The molecule has 2 aliphatic heterocycles. The Balaban J connectivity index is 1.48. The second kappa shape index (κ2) is 7.07. The number of fused-ring (bicyclic) bond motifs is 2. The molecule has 152 valence electrons. The van der Waals surface area contributed by atoms with Crippen LogP contribution in [0.3, 0.4) is 0 Å². The Morgan fingerprint density at radius 2 is 2.07 bits per heavy atom. The Kier molecular flexibility index (Phi) is 4.36. The fourth-order valence-corrected chi connectivity index (χ4v) is 3.84. The van der Waals surface area contributed by atoms with Gasteiger partial charge in [0.2, 0.25) is 18.6 Å². The zero-order valence-electron chi connectivity index (χ0n) is 15.9. The van der Waals surface area contributed by atoms with E-state index >= 15 is 0 Å². The largest absolute Gasteiger partial charge is 0.454 e. The van der Waals surface area contributed by atoms with E-state index in [0.717, 1.165) is 11.1 Å². The molecule has 0 aliphatic carbocycles. The van der Waals surface area contributed by atoms with Crippen LogP contribution < -0.4 is 20.1 Å². The number of rotatable bonds is 3. The first-order valence-electron chi connectivity index (χ1n) is 9.35. The van der Waals surface area contributed by atoms with Gasteiger partial charge in [0.1, 0.15) is 11.9 Å². The summed E-state index contributed by atoms with van der Waals surface area (Å²) in [5, 5.41) is 10.9. The highest BCUT2D eigenvalue weighted by Crippen LogP contribution is 2.37. The molecule has 2 N–H and O–H groups in total.